The zero-order valence-electron chi connectivity index (χ0n) is 8.75. The summed E-state index contributed by atoms with van der Waals surface area (Å²) in [6, 6.07) is 11.1. The second-order valence-corrected chi connectivity index (χ2v) is 5.09. The molecule has 17 heavy (non-hydrogen) atoms. The number of pyridine rings is 1. The van der Waals surface area contributed by atoms with Crippen LogP contribution in [0.5, 0.6) is 0 Å². The second-order valence-electron chi connectivity index (χ2n) is 3.43. The van der Waals surface area contributed by atoms with Crippen LogP contribution < -0.4 is 5.32 Å². The predicted octanol–water partition coefficient (Wildman–Crippen LogP) is 4.76. The summed E-state index contributed by atoms with van der Waals surface area (Å²) >= 11 is 15.2. The Bertz CT molecular complexity index is 532. The van der Waals surface area contributed by atoms with Gasteiger partial charge in [0.1, 0.15) is 10.4 Å². The molecule has 0 radical (unpaired) electrons. The van der Waals surface area contributed by atoms with Crippen LogP contribution in [0.4, 0.5) is 5.82 Å². The van der Waals surface area contributed by atoms with Crippen molar-refractivity contribution in [2.45, 2.75) is 6.54 Å². The quantitative estimate of drug-likeness (QED) is 0.820. The molecule has 0 bridgehead atoms. The molecule has 0 unspecified atom stereocenters. The van der Waals surface area contributed by atoms with Crippen LogP contribution in [0.1, 0.15) is 5.56 Å². The standard InChI is InChI=1S/C12H9BrCl2N2/c13-11-2-1-3-12(17-11)16-7-8-4-5-9(14)6-10(8)15/h1-6H,7H2,(H,16,17). The average Bonchev–Trinajstić information content (AvgIpc) is 2.28. The topological polar surface area (TPSA) is 24.9 Å². The summed E-state index contributed by atoms with van der Waals surface area (Å²) in [6.07, 6.45) is 0. The molecule has 0 aliphatic carbocycles. The summed E-state index contributed by atoms with van der Waals surface area (Å²) in [5.74, 6) is 0.797. The number of nitrogens with one attached hydrogen (secondary N) is 1. The maximum Gasteiger partial charge on any atom is 0.127 e. The van der Waals surface area contributed by atoms with Gasteiger partial charge in [-0.1, -0.05) is 35.3 Å². The van der Waals surface area contributed by atoms with E-state index in [9.17, 15) is 0 Å². The lowest BCUT2D eigenvalue weighted by atomic mass is 10.2. The van der Waals surface area contributed by atoms with Crippen molar-refractivity contribution in [2.75, 3.05) is 5.32 Å². The van der Waals surface area contributed by atoms with Crippen molar-refractivity contribution in [3.63, 3.8) is 0 Å². The molecule has 1 aromatic carbocycles. The van der Waals surface area contributed by atoms with Crippen molar-refractivity contribution in [2.24, 2.45) is 0 Å². The van der Waals surface area contributed by atoms with Crippen LogP contribution in [0.2, 0.25) is 10.0 Å². The monoisotopic (exact) mass is 330 g/mol. The van der Waals surface area contributed by atoms with Gasteiger partial charge < -0.3 is 5.32 Å². The smallest absolute Gasteiger partial charge is 0.127 e. The molecule has 0 atom stereocenters. The molecule has 0 fully saturated rings. The Hall–Kier alpha value is -0.770. The van der Waals surface area contributed by atoms with Crippen molar-refractivity contribution in [1.82, 2.24) is 4.98 Å². The fourth-order valence-electron chi connectivity index (χ4n) is 1.36. The van der Waals surface area contributed by atoms with Gasteiger partial charge in [0.15, 0.2) is 0 Å². The number of rotatable bonds is 3. The minimum Gasteiger partial charge on any atom is -0.366 e. The number of benzene rings is 1. The fourth-order valence-corrected chi connectivity index (χ4v) is 2.18. The first kappa shape index (κ1) is 12.7. The Morgan fingerprint density at radius 1 is 1.18 bits per heavy atom. The molecule has 2 aromatic rings. The highest BCUT2D eigenvalue weighted by molar-refractivity contribution is 9.10. The zero-order valence-corrected chi connectivity index (χ0v) is 11.9. The Labute approximate surface area is 118 Å². The number of aromatic nitrogens is 1. The van der Waals surface area contributed by atoms with E-state index in [-0.39, 0.29) is 0 Å². The minimum absolute atomic E-state index is 0.611. The van der Waals surface area contributed by atoms with Gasteiger partial charge in [0.05, 0.1) is 0 Å². The molecule has 0 aliphatic heterocycles. The predicted molar refractivity (Wildman–Crippen MR) is 75.7 cm³/mol. The Morgan fingerprint density at radius 3 is 2.71 bits per heavy atom. The van der Waals surface area contributed by atoms with E-state index in [0.717, 1.165) is 16.0 Å². The Balaban J connectivity index is 2.07. The normalized spacial score (nSPS) is 10.3. The van der Waals surface area contributed by atoms with Crippen LogP contribution in [-0.4, -0.2) is 4.98 Å². The van der Waals surface area contributed by atoms with E-state index in [4.69, 9.17) is 23.2 Å². The van der Waals surface area contributed by atoms with E-state index >= 15 is 0 Å². The van der Waals surface area contributed by atoms with E-state index in [1.165, 1.54) is 0 Å². The van der Waals surface area contributed by atoms with Crippen LogP contribution in [0.25, 0.3) is 0 Å². The van der Waals surface area contributed by atoms with Crippen molar-refractivity contribution < 1.29 is 0 Å². The minimum atomic E-state index is 0.611. The summed E-state index contributed by atoms with van der Waals surface area (Å²) in [6.45, 7) is 0.611. The number of hydrogen-bond donors (Lipinski definition) is 1. The van der Waals surface area contributed by atoms with Crippen LogP contribution in [-0.2, 0) is 6.54 Å². The van der Waals surface area contributed by atoms with Crippen molar-refractivity contribution in [3.05, 3.63) is 56.6 Å². The lowest BCUT2D eigenvalue weighted by Gasteiger charge is -2.07. The first-order valence-electron chi connectivity index (χ1n) is 4.95. The molecule has 2 rings (SSSR count). The van der Waals surface area contributed by atoms with Gasteiger partial charge in [0.25, 0.3) is 0 Å². The number of hydrogen-bond acceptors (Lipinski definition) is 2. The number of halogens is 3. The fraction of sp³-hybridized carbons (Fsp3) is 0.0833. The maximum atomic E-state index is 6.07. The van der Waals surface area contributed by atoms with Gasteiger partial charge in [-0.15, -0.1) is 0 Å². The molecule has 0 saturated carbocycles. The molecule has 2 nitrogen and oxygen atoms in total. The lowest BCUT2D eigenvalue weighted by molar-refractivity contribution is 1.10. The summed E-state index contributed by atoms with van der Waals surface area (Å²) in [5.41, 5.74) is 0.984. The lowest BCUT2D eigenvalue weighted by Crippen LogP contribution is -2.01. The van der Waals surface area contributed by atoms with Gasteiger partial charge >= 0.3 is 0 Å². The highest BCUT2D eigenvalue weighted by Crippen LogP contribution is 2.21. The average molecular weight is 332 g/mol. The third-order valence-electron chi connectivity index (χ3n) is 2.19. The summed E-state index contributed by atoms with van der Waals surface area (Å²) in [5, 5.41) is 4.48. The van der Waals surface area contributed by atoms with Gasteiger partial charge in [-0.3, -0.25) is 0 Å². The molecular formula is C12H9BrCl2N2. The van der Waals surface area contributed by atoms with Crippen LogP contribution >= 0.6 is 39.1 Å². The van der Waals surface area contributed by atoms with Gasteiger partial charge in [-0.2, -0.15) is 0 Å². The van der Waals surface area contributed by atoms with E-state index < -0.39 is 0 Å². The first-order chi connectivity index (χ1) is 8.15. The molecule has 1 aromatic heterocycles. The molecule has 5 heteroatoms. The zero-order chi connectivity index (χ0) is 12.3. The largest absolute Gasteiger partial charge is 0.366 e. The third-order valence-corrected chi connectivity index (χ3v) is 3.22. The third kappa shape index (κ3) is 3.60. The van der Waals surface area contributed by atoms with Crippen LogP contribution in [0.3, 0.4) is 0 Å². The van der Waals surface area contributed by atoms with E-state index in [1.807, 2.05) is 30.3 Å². The molecule has 0 aliphatic rings. The van der Waals surface area contributed by atoms with Crippen LogP contribution in [0.15, 0.2) is 41.0 Å². The first-order valence-corrected chi connectivity index (χ1v) is 6.50. The van der Waals surface area contributed by atoms with Gasteiger partial charge in [0, 0.05) is 16.6 Å². The van der Waals surface area contributed by atoms with E-state index in [2.05, 4.69) is 26.2 Å². The number of nitrogens with zero attached hydrogens (tertiary/aromatic N) is 1. The molecule has 0 saturated heterocycles. The molecule has 0 spiro atoms. The highest BCUT2D eigenvalue weighted by Gasteiger charge is 2.01. The van der Waals surface area contributed by atoms with E-state index in [0.29, 0.717) is 16.6 Å². The van der Waals surface area contributed by atoms with Gasteiger partial charge in [-0.25, -0.2) is 4.98 Å². The van der Waals surface area contributed by atoms with Gasteiger partial charge in [-0.05, 0) is 45.8 Å². The molecular weight excluding hydrogens is 323 g/mol. The second kappa shape index (κ2) is 5.71. The Kier molecular flexibility index (Phi) is 4.26. The maximum absolute atomic E-state index is 6.07. The van der Waals surface area contributed by atoms with Gasteiger partial charge in [0.2, 0.25) is 0 Å². The van der Waals surface area contributed by atoms with Crippen molar-refractivity contribution in [3.8, 4) is 0 Å². The molecule has 0 amide bonds. The van der Waals surface area contributed by atoms with E-state index in [1.54, 1.807) is 6.07 Å². The molecule has 1 heterocycles. The SMILES string of the molecule is Clc1ccc(CNc2cccc(Br)n2)c(Cl)c1. The summed E-state index contributed by atoms with van der Waals surface area (Å²) < 4.78 is 0.796. The summed E-state index contributed by atoms with van der Waals surface area (Å²) in [4.78, 5) is 4.27. The summed E-state index contributed by atoms with van der Waals surface area (Å²) in [7, 11) is 0. The van der Waals surface area contributed by atoms with Crippen LogP contribution in [0, 0.1) is 0 Å². The van der Waals surface area contributed by atoms with Crippen molar-refractivity contribution >= 4 is 44.9 Å². The van der Waals surface area contributed by atoms with Crippen molar-refractivity contribution in [1.29, 1.82) is 0 Å². The Morgan fingerprint density at radius 2 is 2.00 bits per heavy atom. The molecule has 88 valence electrons. The number of anilines is 1. The molecule has 1 N–H and O–H groups in total. The highest BCUT2D eigenvalue weighted by atomic mass is 79.9.